The number of carbonyl (C=O) groups is 1. The summed E-state index contributed by atoms with van der Waals surface area (Å²) in [7, 11) is 0. The van der Waals surface area contributed by atoms with Crippen molar-refractivity contribution in [1.29, 1.82) is 0 Å². The summed E-state index contributed by atoms with van der Waals surface area (Å²) >= 11 is 0. The van der Waals surface area contributed by atoms with Crippen LogP contribution >= 0.6 is 0 Å². The molecule has 1 aliphatic rings. The first-order valence-electron chi connectivity index (χ1n) is 4.90. The Morgan fingerprint density at radius 3 is 1.87 bits per heavy atom. The minimum Gasteiger partial charge on any atom is -0.450 e. The van der Waals surface area contributed by atoms with Crippen LogP contribution < -0.4 is 5.73 Å². The number of primary amides is 1. The summed E-state index contributed by atoms with van der Waals surface area (Å²) in [5, 5.41) is 15.2. The van der Waals surface area contributed by atoms with Gasteiger partial charge in [-0.05, 0) is 19.8 Å². The first-order chi connectivity index (χ1) is 7.18. The van der Waals surface area contributed by atoms with Crippen molar-refractivity contribution in [3.63, 3.8) is 0 Å². The molecule has 15 heavy (non-hydrogen) atoms. The highest BCUT2D eigenvalue weighted by molar-refractivity contribution is 5.64. The molecule has 92 valence electrons. The highest BCUT2D eigenvalue weighted by atomic mass is 16.5. The summed E-state index contributed by atoms with van der Waals surface area (Å²) < 4.78 is 9.12. The molecule has 0 saturated carbocycles. The van der Waals surface area contributed by atoms with Crippen LogP contribution in [0.5, 0.6) is 0 Å². The molecule has 1 aliphatic heterocycles. The number of nitrogens with two attached hydrogens (primary N) is 1. The first kappa shape index (κ1) is 16.6. The van der Waals surface area contributed by atoms with Gasteiger partial charge in [-0.25, -0.2) is 4.79 Å². The highest BCUT2D eigenvalue weighted by Crippen LogP contribution is 1.98. The van der Waals surface area contributed by atoms with Crippen molar-refractivity contribution in [3.8, 4) is 0 Å². The lowest BCUT2D eigenvalue weighted by atomic mass is 10.4. The third-order valence-electron chi connectivity index (χ3n) is 1.21. The Hall–Kier alpha value is -0.850. The molecule has 1 saturated heterocycles. The van der Waals surface area contributed by atoms with E-state index in [1.807, 2.05) is 0 Å². The van der Waals surface area contributed by atoms with E-state index in [0.29, 0.717) is 6.61 Å². The lowest BCUT2D eigenvalue weighted by molar-refractivity contribution is 0.163. The van der Waals surface area contributed by atoms with Gasteiger partial charge in [0.25, 0.3) is 0 Å². The van der Waals surface area contributed by atoms with Gasteiger partial charge in [-0.15, -0.1) is 0 Å². The van der Waals surface area contributed by atoms with Gasteiger partial charge in [0.15, 0.2) is 0 Å². The van der Waals surface area contributed by atoms with E-state index >= 15 is 0 Å². The molecule has 0 aromatic rings. The maximum atomic E-state index is 9.60. The molecule has 0 radical (unpaired) electrons. The van der Waals surface area contributed by atoms with E-state index in [0.717, 1.165) is 13.2 Å². The predicted molar refractivity (Wildman–Crippen MR) is 55.4 cm³/mol. The van der Waals surface area contributed by atoms with Crippen LogP contribution in [-0.2, 0) is 9.47 Å². The molecular weight excluding hydrogens is 202 g/mol. The molecule has 0 unspecified atom stereocenters. The van der Waals surface area contributed by atoms with Gasteiger partial charge < -0.3 is 25.4 Å². The molecule has 1 heterocycles. The zero-order chi connectivity index (χ0) is 11.9. The number of ether oxygens (including phenoxy) is 2. The van der Waals surface area contributed by atoms with Gasteiger partial charge in [-0.1, -0.05) is 0 Å². The third kappa shape index (κ3) is 24.6. The van der Waals surface area contributed by atoms with E-state index < -0.39 is 6.09 Å². The standard InChI is InChI=1S/C4H8O.C3H7NO2.C2H6O2/c1-2-4-5-3-1;1-2-6-3(4)5;3-1-2-4/h1-4H2;2H2,1H3,(H2,4,5);3-4H,1-2H2. The van der Waals surface area contributed by atoms with Crippen LogP contribution in [0.25, 0.3) is 0 Å². The maximum absolute atomic E-state index is 9.60. The Balaban J connectivity index is 0. The van der Waals surface area contributed by atoms with Crippen molar-refractivity contribution in [1.82, 2.24) is 0 Å². The van der Waals surface area contributed by atoms with E-state index in [9.17, 15) is 4.79 Å². The largest absolute Gasteiger partial charge is 0.450 e. The number of carbonyl (C=O) groups excluding carboxylic acids is 1. The average Bonchev–Trinajstić information content (AvgIpc) is 2.76. The fourth-order valence-corrected chi connectivity index (χ4v) is 0.653. The van der Waals surface area contributed by atoms with E-state index in [1.54, 1.807) is 6.92 Å². The number of aliphatic hydroxyl groups is 2. The first-order valence-corrected chi connectivity index (χ1v) is 4.90. The lowest BCUT2D eigenvalue weighted by Crippen LogP contribution is -2.11. The Bertz CT molecular complexity index is 118. The molecule has 1 amide bonds. The number of hydrogen-bond acceptors (Lipinski definition) is 5. The second-order valence-corrected chi connectivity index (χ2v) is 2.52. The van der Waals surface area contributed by atoms with Crippen molar-refractivity contribution in [2.45, 2.75) is 19.8 Å². The third-order valence-corrected chi connectivity index (χ3v) is 1.21. The van der Waals surface area contributed by atoms with Gasteiger partial charge in [-0.3, -0.25) is 0 Å². The van der Waals surface area contributed by atoms with Gasteiger partial charge in [0.05, 0.1) is 19.8 Å². The number of aliphatic hydroxyl groups excluding tert-OH is 2. The number of rotatable bonds is 2. The molecule has 0 aromatic carbocycles. The fourth-order valence-electron chi connectivity index (χ4n) is 0.653. The SMILES string of the molecule is C1CCOC1.CCOC(N)=O.OCCO. The molecule has 0 spiro atoms. The highest BCUT2D eigenvalue weighted by Gasteiger charge is 1.94. The van der Waals surface area contributed by atoms with Gasteiger partial charge in [0.1, 0.15) is 0 Å². The van der Waals surface area contributed by atoms with E-state index in [-0.39, 0.29) is 13.2 Å². The Morgan fingerprint density at radius 1 is 1.33 bits per heavy atom. The molecule has 0 aromatic heterocycles. The summed E-state index contributed by atoms with van der Waals surface area (Å²) in [5.41, 5.74) is 4.54. The zero-order valence-corrected chi connectivity index (χ0v) is 9.15. The van der Waals surface area contributed by atoms with Gasteiger partial charge >= 0.3 is 6.09 Å². The van der Waals surface area contributed by atoms with E-state index in [2.05, 4.69) is 10.5 Å². The van der Waals surface area contributed by atoms with Crippen molar-refractivity contribution < 1.29 is 24.5 Å². The average molecular weight is 223 g/mol. The summed E-state index contributed by atoms with van der Waals surface area (Å²) in [5.74, 6) is 0. The second kappa shape index (κ2) is 15.6. The van der Waals surface area contributed by atoms with E-state index in [4.69, 9.17) is 14.9 Å². The molecule has 1 rings (SSSR count). The van der Waals surface area contributed by atoms with Crippen LogP contribution in [0.4, 0.5) is 4.79 Å². The van der Waals surface area contributed by atoms with Crippen LogP contribution in [-0.4, -0.2) is 49.3 Å². The Labute approximate surface area is 90.0 Å². The molecule has 0 atom stereocenters. The van der Waals surface area contributed by atoms with Gasteiger partial charge in [0, 0.05) is 13.2 Å². The lowest BCUT2D eigenvalue weighted by Gasteiger charge is -1.89. The van der Waals surface area contributed by atoms with Gasteiger partial charge in [0.2, 0.25) is 0 Å². The molecule has 6 nitrogen and oxygen atoms in total. The molecule has 1 fully saturated rings. The molecular formula is C9H21NO5. The monoisotopic (exact) mass is 223 g/mol. The normalized spacial score (nSPS) is 13.0. The van der Waals surface area contributed by atoms with Gasteiger partial charge in [-0.2, -0.15) is 0 Å². The molecule has 6 heteroatoms. The van der Waals surface area contributed by atoms with Crippen LogP contribution in [0.15, 0.2) is 0 Å². The molecule has 0 bridgehead atoms. The summed E-state index contributed by atoms with van der Waals surface area (Å²) in [6, 6.07) is 0. The van der Waals surface area contributed by atoms with Crippen molar-refractivity contribution in [2.24, 2.45) is 5.73 Å². The molecule has 4 N–H and O–H groups in total. The summed E-state index contributed by atoms with van der Waals surface area (Å²) in [6.45, 7) is 3.81. The Kier molecular flexibility index (Phi) is 17.3. The predicted octanol–water partition coefficient (Wildman–Crippen LogP) is -0.131. The second-order valence-electron chi connectivity index (χ2n) is 2.52. The van der Waals surface area contributed by atoms with Crippen molar-refractivity contribution in [3.05, 3.63) is 0 Å². The van der Waals surface area contributed by atoms with Crippen molar-refractivity contribution in [2.75, 3.05) is 33.0 Å². The topological polar surface area (TPSA) is 102 Å². The summed E-state index contributed by atoms with van der Waals surface area (Å²) in [4.78, 5) is 9.60. The van der Waals surface area contributed by atoms with Crippen molar-refractivity contribution >= 4 is 6.09 Å². The number of hydrogen-bond donors (Lipinski definition) is 3. The fraction of sp³-hybridized carbons (Fsp3) is 0.889. The van der Waals surface area contributed by atoms with Crippen LogP contribution in [0.2, 0.25) is 0 Å². The van der Waals surface area contributed by atoms with Crippen LogP contribution in [0.3, 0.4) is 0 Å². The smallest absolute Gasteiger partial charge is 0.404 e. The minimum absolute atomic E-state index is 0.125. The summed E-state index contributed by atoms with van der Waals surface area (Å²) in [6.07, 6.45) is 1.84. The number of amides is 1. The Morgan fingerprint density at radius 2 is 1.80 bits per heavy atom. The quantitative estimate of drug-likeness (QED) is 0.605. The minimum atomic E-state index is -0.711. The van der Waals surface area contributed by atoms with Crippen LogP contribution in [0.1, 0.15) is 19.8 Å². The molecule has 0 aliphatic carbocycles. The van der Waals surface area contributed by atoms with E-state index in [1.165, 1.54) is 12.8 Å². The maximum Gasteiger partial charge on any atom is 0.404 e. The zero-order valence-electron chi connectivity index (χ0n) is 9.15. The van der Waals surface area contributed by atoms with Crippen LogP contribution in [0, 0.1) is 0 Å².